The van der Waals surface area contributed by atoms with Crippen LogP contribution in [0.3, 0.4) is 0 Å². The summed E-state index contributed by atoms with van der Waals surface area (Å²) in [4.78, 5) is 23.3. The number of carboxylic acid groups (broad SMARTS) is 1. The number of nitrogens with two attached hydrogens (primary N) is 1. The second-order valence-corrected chi connectivity index (χ2v) is 8.30. The molecule has 2 rings (SSSR count). The van der Waals surface area contributed by atoms with E-state index in [0.717, 1.165) is 39.0 Å². The van der Waals surface area contributed by atoms with Crippen molar-refractivity contribution < 1.29 is 14.7 Å². The second kappa shape index (κ2) is 13.2. The summed E-state index contributed by atoms with van der Waals surface area (Å²) < 4.78 is 0. The molecule has 0 spiro atoms. The van der Waals surface area contributed by atoms with E-state index in [1.807, 2.05) is 0 Å². The molecule has 174 valence electrons. The molecule has 11 heteroatoms. The Balaban J connectivity index is 2.09. The molecule has 0 aromatic heterocycles. The molecule has 30 heavy (non-hydrogen) atoms. The van der Waals surface area contributed by atoms with Crippen LogP contribution >= 0.6 is 0 Å². The number of hydrogen-bond donors (Lipinski definition) is 9. The molecule has 0 aliphatic carbocycles. The maximum absolute atomic E-state index is 12.6. The molecule has 0 radical (unpaired) electrons. The van der Waals surface area contributed by atoms with Crippen molar-refractivity contribution in [2.45, 2.75) is 43.4 Å². The molecule has 0 unspecified atom stereocenters. The number of rotatable bonds is 5. The summed E-state index contributed by atoms with van der Waals surface area (Å²) in [7, 11) is 0. The van der Waals surface area contributed by atoms with Gasteiger partial charge in [-0.05, 0) is 45.4 Å². The standard InChI is InChI=1S/C19H40N8O3/c20-18-12-21-6-2-8-23-14-19(26-11-10-25-18,15-24-9-3-7-22-13-18)27-16(28)4-1-5-17(29)30/h21-26H,1-15,20H2,(H,27,28)(H,29,30)/t18-,19-. The van der Waals surface area contributed by atoms with Crippen LogP contribution in [0, 0.1) is 0 Å². The Bertz CT molecular complexity index is 516. The van der Waals surface area contributed by atoms with Crippen molar-refractivity contribution in [3.8, 4) is 0 Å². The van der Waals surface area contributed by atoms with Crippen LogP contribution in [0.2, 0.25) is 0 Å². The minimum Gasteiger partial charge on any atom is -0.481 e. The van der Waals surface area contributed by atoms with Crippen LogP contribution in [-0.4, -0.2) is 93.8 Å². The van der Waals surface area contributed by atoms with Crippen LogP contribution in [0.5, 0.6) is 0 Å². The molecule has 2 heterocycles. The van der Waals surface area contributed by atoms with E-state index < -0.39 is 17.3 Å². The molecule has 11 nitrogen and oxygen atoms in total. The summed E-state index contributed by atoms with van der Waals surface area (Å²) in [5.74, 6) is -1.03. The third-order valence-electron chi connectivity index (χ3n) is 5.39. The first-order chi connectivity index (χ1) is 14.4. The van der Waals surface area contributed by atoms with Gasteiger partial charge in [-0.1, -0.05) is 0 Å². The number of carboxylic acids is 1. The molecule has 0 atom stereocenters. The SMILES string of the molecule is N[C@]12CNCCCNC[C@](NC(=O)CCCC(=O)O)(CNCCCNC1)NCCN2. The molecule has 2 aliphatic heterocycles. The minimum absolute atomic E-state index is 0.00709. The fourth-order valence-corrected chi connectivity index (χ4v) is 3.75. The van der Waals surface area contributed by atoms with E-state index >= 15 is 0 Å². The van der Waals surface area contributed by atoms with Crippen LogP contribution in [0.4, 0.5) is 0 Å². The maximum Gasteiger partial charge on any atom is 0.303 e. The fraction of sp³-hybridized carbons (Fsp3) is 0.895. The Morgan fingerprint density at radius 1 is 0.800 bits per heavy atom. The highest BCUT2D eigenvalue weighted by Gasteiger charge is 2.32. The number of nitrogens with one attached hydrogen (secondary N) is 7. The molecule has 0 aromatic rings. The quantitative estimate of drug-likeness (QED) is 0.221. The first-order valence-electron chi connectivity index (χ1n) is 11.1. The first kappa shape index (κ1) is 24.9. The van der Waals surface area contributed by atoms with Crippen molar-refractivity contribution in [3.05, 3.63) is 0 Å². The van der Waals surface area contributed by atoms with Crippen LogP contribution in [0.1, 0.15) is 32.1 Å². The topological polar surface area (TPSA) is 165 Å². The molecule has 2 fully saturated rings. The monoisotopic (exact) mass is 428 g/mol. The molecule has 0 aromatic carbocycles. The van der Waals surface area contributed by atoms with Crippen LogP contribution in [-0.2, 0) is 9.59 Å². The van der Waals surface area contributed by atoms with E-state index in [4.69, 9.17) is 10.8 Å². The zero-order chi connectivity index (χ0) is 21.7. The third-order valence-corrected chi connectivity index (χ3v) is 5.39. The number of amides is 1. The average molecular weight is 429 g/mol. The first-order valence-corrected chi connectivity index (χ1v) is 11.1. The van der Waals surface area contributed by atoms with Gasteiger partial charge < -0.3 is 37.4 Å². The summed E-state index contributed by atoms with van der Waals surface area (Å²) in [6.45, 7) is 7.08. The van der Waals surface area contributed by atoms with Gasteiger partial charge in [-0.25, -0.2) is 0 Å². The molecule has 1 amide bonds. The van der Waals surface area contributed by atoms with Crippen molar-refractivity contribution in [2.75, 3.05) is 65.4 Å². The van der Waals surface area contributed by atoms with Gasteiger partial charge in [0.2, 0.25) is 5.91 Å². The molecular weight excluding hydrogens is 388 g/mol. The van der Waals surface area contributed by atoms with Gasteiger partial charge in [-0.3, -0.25) is 20.2 Å². The summed E-state index contributed by atoms with van der Waals surface area (Å²) in [5.41, 5.74) is 5.38. The minimum atomic E-state index is -0.884. The number of aliphatic carboxylic acids is 1. The summed E-state index contributed by atoms with van der Waals surface area (Å²) in [5, 5.41) is 32.7. The lowest BCUT2D eigenvalue weighted by Crippen LogP contribution is -2.70. The zero-order valence-electron chi connectivity index (χ0n) is 17.9. The van der Waals surface area contributed by atoms with E-state index in [1.165, 1.54) is 0 Å². The lowest BCUT2D eigenvalue weighted by Gasteiger charge is -2.37. The van der Waals surface area contributed by atoms with Gasteiger partial charge in [0.15, 0.2) is 0 Å². The normalized spacial score (nSPS) is 30.2. The Morgan fingerprint density at radius 3 is 1.90 bits per heavy atom. The Hall–Kier alpha value is -1.34. The summed E-state index contributed by atoms with van der Waals surface area (Å²) in [6, 6.07) is 0. The van der Waals surface area contributed by atoms with Gasteiger partial charge in [-0.2, -0.15) is 0 Å². The van der Waals surface area contributed by atoms with Crippen molar-refractivity contribution in [1.29, 1.82) is 0 Å². The summed E-state index contributed by atoms with van der Waals surface area (Å²) >= 11 is 0. The fourth-order valence-electron chi connectivity index (χ4n) is 3.75. The van der Waals surface area contributed by atoms with Gasteiger partial charge in [0, 0.05) is 52.1 Å². The van der Waals surface area contributed by atoms with Crippen molar-refractivity contribution in [2.24, 2.45) is 5.73 Å². The van der Waals surface area contributed by atoms with Gasteiger partial charge in [0.1, 0.15) is 5.66 Å². The molecule has 2 saturated heterocycles. The molecule has 0 saturated carbocycles. The summed E-state index contributed by atoms with van der Waals surface area (Å²) in [6.07, 6.45) is 2.40. The number of hydrogen-bond acceptors (Lipinski definition) is 9. The molecule has 10 N–H and O–H groups in total. The largest absolute Gasteiger partial charge is 0.481 e. The highest BCUT2D eigenvalue weighted by atomic mass is 16.4. The van der Waals surface area contributed by atoms with Crippen LogP contribution in [0.25, 0.3) is 0 Å². The number of carbonyl (C=O) groups is 2. The highest BCUT2D eigenvalue weighted by molar-refractivity contribution is 5.77. The van der Waals surface area contributed by atoms with E-state index in [1.54, 1.807) is 0 Å². The van der Waals surface area contributed by atoms with Gasteiger partial charge in [0.05, 0.1) is 5.66 Å². The Labute approximate surface area is 179 Å². The Morgan fingerprint density at radius 2 is 1.33 bits per heavy atom. The molecular formula is C19H40N8O3. The number of carbonyl (C=O) groups excluding carboxylic acids is 1. The lowest BCUT2D eigenvalue weighted by molar-refractivity contribution is -0.137. The number of fused-ring (bicyclic) bond motifs is 5. The third kappa shape index (κ3) is 9.65. The Kier molecular flexibility index (Phi) is 10.9. The van der Waals surface area contributed by atoms with E-state index in [-0.39, 0.29) is 18.7 Å². The van der Waals surface area contributed by atoms with E-state index in [9.17, 15) is 9.59 Å². The van der Waals surface area contributed by atoms with Gasteiger partial charge in [0.25, 0.3) is 0 Å². The zero-order valence-corrected chi connectivity index (χ0v) is 17.9. The smallest absolute Gasteiger partial charge is 0.303 e. The van der Waals surface area contributed by atoms with Gasteiger partial charge in [-0.15, -0.1) is 0 Å². The van der Waals surface area contributed by atoms with E-state index in [2.05, 4.69) is 37.2 Å². The van der Waals surface area contributed by atoms with E-state index in [0.29, 0.717) is 45.7 Å². The highest BCUT2D eigenvalue weighted by Crippen LogP contribution is 2.04. The second-order valence-electron chi connectivity index (χ2n) is 8.30. The maximum atomic E-state index is 12.6. The van der Waals surface area contributed by atoms with Crippen molar-refractivity contribution >= 4 is 11.9 Å². The lowest BCUT2D eigenvalue weighted by atomic mass is 10.1. The average Bonchev–Trinajstić information content (AvgIpc) is 2.71. The predicted octanol–water partition coefficient (Wildman–Crippen LogP) is -2.95. The molecule has 2 aliphatic rings. The van der Waals surface area contributed by atoms with Crippen LogP contribution in [0.15, 0.2) is 0 Å². The van der Waals surface area contributed by atoms with Crippen molar-refractivity contribution in [3.63, 3.8) is 0 Å². The van der Waals surface area contributed by atoms with Gasteiger partial charge >= 0.3 is 5.97 Å². The molecule has 2 bridgehead atoms. The van der Waals surface area contributed by atoms with Crippen LogP contribution < -0.4 is 43.0 Å². The predicted molar refractivity (Wildman–Crippen MR) is 116 cm³/mol. The van der Waals surface area contributed by atoms with Crippen molar-refractivity contribution in [1.82, 2.24) is 37.2 Å².